The first kappa shape index (κ1) is 19.1. The van der Waals surface area contributed by atoms with Crippen molar-refractivity contribution in [2.75, 3.05) is 13.7 Å². The van der Waals surface area contributed by atoms with Crippen molar-refractivity contribution in [1.29, 1.82) is 0 Å². The zero-order valence-corrected chi connectivity index (χ0v) is 14.3. The molecule has 0 aliphatic carbocycles. The van der Waals surface area contributed by atoms with Crippen molar-refractivity contribution >= 4 is 21.0 Å². The number of aromatic nitrogens is 1. The van der Waals surface area contributed by atoms with Crippen LogP contribution in [0.2, 0.25) is 0 Å². The molecule has 0 saturated heterocycles. The minimum atomic E-state index is -5.79. The maximum absolute atomic E-state index is 12.5. The first-order valence-electron chi connectivity index (χ1n) is 7.30. The largest absolute Gasteiger partial charge is 0.534 e. The van der Waals surface area contributed by atoms with Gasteiger partial charge >= 0.3 is 15.6 Å². The number of nitrogens with zero attached hydrogens (tertiary/aromatic N) is 1. The van der Waals surface area contributed by atoms with E-state index in [4.69, 9.17) is 9.47 Å². The molecule has 1 heterocycles. The molecule has 0 aliphatic rings. The highest BCUT2D eigenvalue weighted by molar-refractivity contribution is 7.88. The van der Waals surface area contributed by atoms with Gasteiger partial charge in [0.2, 0.25) is 0 Å². The molecule has 25 heavy (non-hydrogen) atoms. The van der Waals surface area contributed by atoms with Gasteiger partial charge in [-0.1, -0.05) is 13.3 Å². The average molecular weight is 379 g/mol. The van der Waals surface area contributed by atoms with Crippen LogP contribution >= 0.6 is 0 Å². The van der Waals surface area contributed by atoms with E-state index < -0.39 is 21.4 Å². The second-order valence-electron chi connectivity index (χ2n) is 5.01. The predicted molar refractivity (Wildman–Crippen MR) is 84.3 cm³/mol. The van der Waals surface area contributed by atoms with Crippen LogP contribution in [0, 0.1) is 0 Å². The van der Waals surface area contributed by atoms with Crippen LogP contribution in [-0.4, -0.2) is 32.6 Å². The van der Waals surface area contributed by atoms with Gasteiger partial charge in [-0.2, -0.15) is 21.6 Å². The minimum Gasteiger partial charge on any atom is -0.493 e. The lowest BCUT2D eigenvalue weighted by molar-refractivity contribution is -0.0499. The Hall–Kier alpha value is -2.23. The molecule has 138 valence electrons. The van der Waals surface area contributed by atoms with E-state index in [0.29, 0.717) is 12.4 Å². The Morgan fingerprint density at radius 1 is 1.16 bits per heavy atom. The Morgan fingerprint density at radius 3 is 2.48 bits per heavy atom. The number of halogens is 3. The summed E-state index contributed by atoms with van der Waals surface area (Å²) >= 11 is 0. The monoisotopic (exact) mass is 379 g/mol. The lowest BCUT2D eigenvalue weighted by Gasteiger charge is -2.14. The number of ether oxygens (including phenoxy) is 2. The van der Waals surface area contributed by atoms with Crippen molar-refractivity contribution < 1.29 is 35.2 Å². The Bertz CT molecular complexity index is 852. The van der Waals surface area contributed by atoms with E-state index in [-0.39, 0.29) is 16.7 Å². The summed E-state index contributed by atoms with van der Waals surface area (Å²) in [6.45, 7) is 2.42. The van der Waals surface area contributed by atoms with Crippen molar-refractivity contribution in [2.24, 2.45) is 0 Å². The third-order valence-corrected chi connectivity index (χ3v) is 4.19. The fourth-order valence-corrected chi connectivity index (χ4v) is 2.44. The first-order chi connectivity index (χ1) is 11.7. The fraction of sp³-hybridized carbons (Fsp3) is 0.400. The van der Waals surface area contributed by atoms with Crippen LogP contribution < -0.4 is 13.7 Å². The predicted octanol–water partition coefficient (Wildman–Crippen LogP) is 3.65. The van der Waals surface area contributed by atoms with Crippen molar-refractivity contribution in [3.8, 4) is 17.2 Å². The van der Waals surface area contributed by atoms with Crippen molar-refractivity contribution in [2.45, 2.75) is 25.3 Å². The number of hydrogen-bond acceptors (Lipinski definition) is 6. The molecule has 1 aromatic carbocycles. The minimum absolute atomic E-state index is 0.0509. The van der Waals surface area contributed by atoms with Crippen LogP contribution in [0.5, 0.6) is 17.2 Å². The maximum atomic E-state index is 12.5. The van der Waals surface area contributed by atoms with Crippen LogP contribution in [0.25, 0.3) is 10.9 Å². The molecule has 0 saturated carbocycles. The summed E-state index contributed by atoms with van der Waals surface area (Å²) in [5.74, 6) is 0.0818. The highest BCUT2D eigenvalue weighted by Gasteiger charge is 2.48. The summed E-state index contributed by atoms with van der Waals surface area (Å²) in [6, 6.07) is 3.81. The zero-order valence-electron chi connectivity index (χ0n) is 13.5. The van der Waals surface area contributed by atoms with Gasteiger partial charge in [0.05, 0.1) is 19.2 Å². The van der Waals surface area contributed by atoms with Gasteiger partial charge in [0.15, 0.2) is 17.2 Å². The van der Waals surface area contributed by atoms with Gasteiger partial charge in [0, 0.05) is 23.7 Å². The van der Waals surface area contributed by atoms with Gasteiger partial charge in [-0.15, -0.1) is 0 Å². The third kappa shape index (κ3) is 4.25. The molecule has 6 nitrogen and oxygen atoms in total. The van der Waals surface area contributed by atoms with Crippen molar-refractivity contribution in [1.82, 2.24) is 4.98 Å². The zero-order chi connectivity index (χ0) is 18.7. The molecule has 0 amide bonds. The number of hydrogen-bond donors (Lipinski definition) is 0. The molecule has 0 spiro atoms. The molecule has 1 aromatic heterocycles. The van der Waals surface area contributed by atoms with Gasteiger partial charge in [0.1, 0.15) is 0 Å². The SMILES string of the molecule is CCCCOc1cc2nccc(OS(=O)(=O)C(F)(F)F)c2cc1OC. The molecule has 2 aromatic rings. The van der Waals surface area contributed by atoms with Gasteiger partial charge in [-0.25, -0.2) is 0 Å². The Morgan fingerprint density at radius 2 is 1.88 bits per heavy atom. The topological polar surface area (TPSA) is 74.7 Å². The Kier molecular flexibility index (Phi) is 5.61. The van der Waals surface area contributed by atoms with E-state index >= 15 is 0 Å². The van der Waals surface area contributed by atoms with Crippen LogP contribution in [0.3, 0.4) is 0 Å². The summed E-state index contributed by atoms with van der Waals surface area (Å²) in [6.07, 6.45) is 2.87. The van der Waals surface area contributed by atoms with E-state index in [2.05, 4.69) is 9.17 Å². The molecular formula is C15H16F3NO5S. The second-order valence-corrected chi connectivity index (χ2v) is 6.55. The van der Waals surface area contributed by atoms with E-state index in [1.165, 1.54) is 19.2 Å². The molecule has 0 bridgehead atoms. The van der Waals surface area contributed by atoms with Crippen LogP contribution in [0.1, 0.15) is 19.8 Å². The molecule has 10 heteroatoms. The van der Waals surface area contributed by atoms with Gasteiger partial charge in [-0.05, 0) is 12.5 Å². The third-order valence-electron chi connectivity index (χ3n) is 3.23. The Labute approximate surface area is 142 Å². The lowest BCUT2D eigenvalue weighted by atomic mass is 10.2. The second kappa shape index (κ2) is 7.34. The fourth-order valence-electron chi connectivity index (χ4n) is 1.97. The normalized spacial score (nSPS) is 12.2. The maximum Gasteiger partial charge on any atom is 0.534 e. The van der Waals surface area contributed by atoms with Crippen LogP contribution in [0.15, 0.2) is 24.4 Å². The molecule has 0 unspecified atom stereocenters. The number of pyridine rings is 1. The summed E-state index contributed by atoms with van der Waals surface area (Å²) < 4.78 is 75.0. The molecule has 0 radical (unpaired) electrons. The number of methoxy groups -OCH3 is 1. The first-order valence-corrected chi connectivity index (χ1v) is 8.70. The van der Waals surface area contributed by atoms with Crippen LogP contribution in [-0.2, 0) is 10.1 Å². The average Bonchev–Trinajstić information content (AvgIpc) is 2.53. The smallest absolute Gasteiger partial charge is 0.493 e. The summed E-state index contributed by atoms with van der Waals surface area (Å²) in [7, 11) is -4.43. The summed E-state index contributed by atoms with van der Waals surface area (Å²) in [5, 5.41) is 0.0509. The number of fused-ring (bicyclic) bond motifs is 1. The van der Waals surface area contributed by atoms with Crippen LogP contribution in [0.4, 0.5) is 13.2 Å². The molecule has 2 rings (SSSR count). The van der Waals surface area contributed by atoms with E-state index in [1.807, 2.05) is 6.92 Å². The lowest BCUT2D eigenvalue weighted by Crippen LogP contribution is -2.28. The molecule has 0 fully saturated rings. The van der Waals surface area contributed by atoms with Gasteiger partial charge in [0.25, 0.3) is 0 Å². The number of unbranched alkanes of at least 4 members (excludes halogenated alkanes) is 1. The molecule has 0 atom stereocenters. The standard InChI is InChI=1S/C15H16F3NO5S/c1-3-4-7-23-14-9-11-10(8-13(14)22-2)12(5-6-19-11)24-25(20,21)15(16,17)18/h5-6,8-9H,3-4,7H2,1-2H3. The number of rotatable bonds is 7. The molecule has 0 N–H and O–H groups in total. The van der Waals surface area contributed by atoms with E-state index in [9.17, 15) is 21.6 Å². The summed E-state index contributed by atoms with van der Waals surface area (Å²) in [4.78, 5) is 4.01. The van der Waals surface area contributed by atoms with Gasteiger partial charge < -0.3 is 13.7 Å². The molecular weight excluding hydrogens is 363 g/mol. The van der Waals surface area contributed by atoms with E-state index in [0.717, 1.165) is 25.1 Å². The van der Waals surface area contributed by atoms with Gasteiger partial charge in [-0.3, -0.25) is 4.98 Å². The Balaban J connectivity index is 2.47. The number of benzene rings is 1. The number of alkyl halides is 3. The highest BCUT2D eigenvalue weighted by Crippen LogP contribution is 2.37. The van der Waals surface area contributed by atoms with Crippen molar-refractivity contribution in [3.63, 3.8) is 0 Å². The quantitative estimate of drug-likeness (QED) is 0.415. The highest BCUT2D eigenvalue weighted by atomic mass is 32.2. The summed E-state index contributed by atoms with van der Waals surface area (Å²) in [5.41, 5.74) is -5.32. The molecule has 0 aliphatic heterocycles. The van der Waals surface area contributed by atoms with Crippen molar-refractivity contribution in [3.05, 3.63) is 24.4 Å². The van der Waals surface area contributed by atoms with E-state index in [1.54, 1.807) is 0 Å².